The molecule has 12 heteroatoms. The molecule has 0 fully saturated rings. The summed E-state index contributed by atoms with van der Waals surface area (Å²) in [5.74, 6) is 0.748. The quantitative estimate of drug-likeness (QED) is 0.423. The molecule has 3 N–H and O–H groups in total. The topological polar surface area (TPSA) is 119 Å². The van der Waals surface area contributed by atoms with Gasteiger partial charge >= 0.3 is 0 Å². The molecule has 3 rings (SSSR count). The van der Waals surface area contributed by atoms with Gasteiger partial charge in [0.2, 0.25) is 0 Å². The highest BCUT2D eigenvalue weighted by atomic mass is 32.2. The van der Waals surface area contributed by atoms with Gasteiger partial charge in [0.25, 0.3) is 15.9 Å². The molecular weight excluding hydrogens is 460 g/mol. The lowest BCUT2D eigenvalue weighted by molar-refractivity contribution is -0.121. The molecule has 31 heavy (non-hydrogen) atoms. The van der Waals surface area contributed by atoms with Crippen molar-refractivity contribution >= 4 is 55.4 Å². The molecule has 1 amide bonds. The van der Waals surface area contributed by atoms with Gasteiger partial charge < -0.3 is 14.8 Å². The summed E-state index contributed by atoms with van der Waals surface area (Å²) < 4.78 is 37.5. The van der Waals surface area contributed by atoms with Gasteiger partial charge in [0.1, 0.15) is 11.5 Å². The first-order chi connectivity index (χ1) is 14.9. The largest absolute Gasteiger partial charge is 0.497 e. The number of ether oxygens (including phenoxy) is 2. The minimum atomic E-state index is -3.74. The molecule has 0 unspecified atom stereocenters. The number of sulfonamides is 1. The van der Waals surface area contributed by atoms with Crippen LogP contribution in [-0.2, 0) is 14.8 Å². The second kappa shape index (κ2) is 10.2. The summed E-state index contributed by atoms with van der Waals surface area (Å²) in [5, 5.41) is 7.31. The summed E-state index contributed by atoms with van der Waals surface area (Å²) >= 11 is 6.29. The van der Waals surface area contributed by atoms with Gasteiger partial charge in [0.15, 0.2) is 16.9 Å². The van der Waals surface area contributed by atoms with Crippen LogP contribution in [0.4, 0.5) is 10.8 Å². The van der Waals surface area contributed by atoms with Gasteiger partial charge in [-0.3, -0.25) is 14.8 Å². The van der Waals surface area contributed by atoms with Gasteiger partial charge in [0.05, 0.1) is 12.0 Å². The van der Waals surface area contributed by atoms with Crippen molar-refractivity contribution < 1.29 is 22.7 Å². The van der Waals surface area contributed by atoms with E-state index < -0.39 is 15.9 Å². The number of amides is 1. The van der Waals surface area contributed by atoms with Crippen molar-refractivity contribution in [2.45, 2.75) is 4.90 Å². The Morgan fingerprint density at radius 1 is 1.10 bits per heavy atom. The van der Waals surface area contributed by atoms with Crippen molar-refractivity contribution in [3.8, 4) is 11.5 Å². The predicted octanol–water partition coefficient (Wildman–Crippen LogP) is 2.84. The van der Waals surface area contributed by atoms with E-state index >= 15 is 0 Å². The number of rotatable bonds is 8. The molecule has 0 atom stereocenters. The second-order valence-electron chi connectivity index (χ2n) is 5.93. The Balaban J connectivity index is 1.49. The predicted molar refractivity (Wildman–Crippen MR) is 122 cm³/mol. The molecule has 0 aliphatic carbocycles. The minimum Gasteiger partial charge on any atom is -0.497 e. The number of hydrogen-bond donors (Lipinski definition) is 3. The van der Waals surface area contributed by atoms with E-state index in [2.05, 4.69) is 20.3 Å². The van der Waals surface area contributed by atoms with Gasteiger partial charge in [-0.1, -0.05) is 0 Å². The lowest BCUT2D eigenvalue weighted by Gasteiger charge is -2.11. The maximum atomic E-state index is 12.3. The van der Waals surface area contributed by atoms with Gasteiger partial charge in [-0.2, -0.15) is 0 Å². The molecular formula is C19H18N4O5S3. The first-order valence-electron chi connectivity index (χ1n) is 8.76. The van der Waals surface area contributed by atoms with E-state index in [4.69, 9.17) is 21.7 Å². The van der Waals surface area contributed by atoms with E-state index in [0.717, 1.165) is 0 Å². The summed E-state index contributed by atoms with van der Waals surface area (Å²) in [6, 6.07) is 12.7. The molecule has 0 bridgehead atoms. The Kier molecular flexibility index (Phi) is 7.39. The molecule has 9 nitrogen and oxygen atoms in total. The minimum absolute atomic E-state index is 0.0554. The number of methoxy groups -OCH3 is 1. The Labute approximate surface area is 188 Å². The van der Waals surface area contributed by atoms with Crippen molar-refractivity contribution in [3.63, 3.8) is 0 Å². The van der Waals surface area contributed by atoms with Crippen LogP contribution in [0.25, 0.3) is 0 Å². The smallest absolute Gasteiger partial charge is 0.264 e. The average molecular weight is 479 g/mol. The SMILES string of the molecule is COc1ccc(OCC(=O)NC(=S)Nc2ccc(S(=O)(=O)Nc3nccs3)cc2)cc1. The summed E-state index contributed by atoms with van der Waals surface area (Å²) in [7, 11) is -2.18. The number of carbonyl (C=O) groups excluding carboxylic acids is 1. The first-order valence-corrected chi connectivity index (χ1v) is 11.5. The van der Waals surface area contributed by atoms with Crippen molar-refractivity contribution in [3.05, 3.63) is 60.1 Å². The fourth-order valence-corrected chi connectivity index (χ4v) is 4.33. The number of anilines is 2. The number of nitrogens with zero attached hydrogens (tertiary/aromatic N) is 1. The third-order valence-corrected chi connectivity index (χ3v) is 6.14. The van der Waals surface area contributed by atoms with E-state index in [9.17, 15) is 13.2 Å². The number of benzene rings is 2. The molecule has 0 radical (unpaired) electrons. The Hall–Kier alpha value is -3.22. The van der Waals surface area contributed by atoms with E-state index in [1.807, 2.05) is 0 Å². The van der Waals surface area contributed by atoms with Crippen LogP contribution in [0, 0.1) is 0 Å². The number of thiazole rings is 1. The van der Waals surface area contributed by atoms with E-state index in [0.29, 0.717) is 17.2 Å². The number of carbonyl (C=O) groups is 1. The molecule has 2 aromatic carbocycles. The first kappa shape index (κ1) is 22.5. The molecule has 162 valence electrons. The highest BCUT2D eigenvalue weighted by molar-refractivity contribution is 7.93. The highest BCUT2D eigenvalue weighted by Crippen LogP contribution is 2.20. The summed E-state index contributed by atoms with van der Waals surface area (Å²) in [4.78, 5) is 16.0. The van der Waals surface area contributed by atoms with E-state index in [-0.39, 0.29) is 21.7 Å². The summed E-state index contributed by atoms with van der Waals surface area (Å²) in [6.45, 7) is -0.228. The molecule has 1 aromatic heterocycles. The summed E-state index contributed by atoms with van der Waals surface area (Å²) in [5.41, 5.74) is 0.509. The van der Waals surface area contributed by atoms with Gasteiger partial charge in [-0.05, 0) is 60.7 Å². The van der Waals surface area contributed by atoms with Crippen LogP contribution in [0.3, 0.4) is 0 Å². The van der Waals surface area contributed by atoms with Crippen LogP contribution in [-0.4, -0.2) is 38.1 Å². The molecule has 1 heterocycles. The Morgan fingerprint density at radius 3 is 2.39 bits per heavy atom. The summed E-state index contributed by atoms with van der Waals surface area (Å²) in [6.07, 6.45) is 1.51. The standard InChI is InChI=1S/C19H18N4O5S3/c1-27-14-4-6-15(7-5-14)28-12-17(24)22-18(29)21-13-2-8-16(9-3-13)31(25,26)23-19-20-10-11-30-19/h2-11H,12H2,1H3,(H,20,23)(H2,21,22,24,29). The second-order valence-corrected chi connectivity index (χ2v) is 8.92. The fourth-order valence-electron chi connectivity index (χ4n) is 2.31. The number of aromatic nitrogens is 1. The maximum absolute atomic E-state index is 12.3. The molecule has 0 saturated heterocycles. The Morgan fingerprint density at radius 2 is 1.77 bits per heavy atom. The van der Waals surface area contributed by atoms with Crippen LogP contribution in [0.2, 0.25) is 0 Å². The number of thiocarbonyl (C=S) groups is 1. The van der Waals surface area contributed by atoms with Crippen LogP contribution in [0.5, 0.6) is 11.5 Å². The van der Waals surface area contributed by atoms with Crippen molar-refractivity contribution in [2.75, 3.05) is 23.8 Å². The van der Waals surface area contributed by atoms with E-state index in [1.165, 1.54) is 41.8 Å². The zero-order valence-electron chi connectivity index (χ0n) is 16.2. The van der Waals surface area contributed by atoms with Crippen LogP contribution >= 0.6 is 23.6 Å². The van der Waals surface area contributed by atoms with Crippen LogP contribution in [0.15, 0.2) is 65.0 Å². The lowest BCUT2D eigenvalue weighted by Crippen LogP contribution is -2.37. The molecule has 0 spiro atoms. The fraction of sp³-hybridized carbons (Fsp3) is 0.105. The molecule has 3 aromatic rings. The zero-order chi connectivity index (χ0) is 22.3. The van der Waals surface area contributed by atoms with E-state index in [1.54, 1.807) is 36.8 Å². The maximum Gasteiger partial charge on any atom is 0.264 e. The van der Waals surface area contributed by atoms with Crippen molar-refractivity contribution in [1.29, 1.82) is 0 Å². The van der Waals surface area contributed by atoms with Crippen molar-refractivity contribution in [2.24, 2.45) is 0 Å². The van der Waals surface area contributed by atoms with Crippen molar-refractivity contribution in [1.82, 2.24) is 10.3 Å². The molecule has 0 aliphatic rings. The molecule has 0 aliphatic heterocycles. The average Bonchev–Trinajstić information content (AvgIpc) is 3.25. The monoisotopic (exact) mass is 478 g/mol. The van der Waals surface area contributed by atoms with Gasteiger partial charge in [0, 0.05) is 17.3 Å². The van der Waals surface area contributed by atoms with Crippen LogP contribution in [0.1, 0.15) is 0 Å². The highest BCUT2D eigenvalue weighted by Gasteiger charge is 2.15. The molecule has 0 saturated carbocycles. The third-order valence-electron chi connectivity index (χ3n) is 3.76. The van der Waals surface area contributed by atoms with Gasteiger partial charge in [-0.25, -0.2) is 13.4 Å². The Bertz CT molecular complexity index is 1130. The lowest BCUT2D eigenvalue weighted by atomic mass is 10.3. The van der Waals surface area contributed by atoms with Crippen LogP contribution < -0.4 is 24.8 Å². The number of nitrogens with one attached hydrogen (secondary N) is 3. The third kappa shape index (κ3) is 6.64. The van der Waals surface area contributed by atoms with Gasteiger partial charge in [-0.15, -0.1) is 11.3 Å². The number of hydrogen-bond acceptors (Lipinski definition) is 8. The normalized spacial score (nSPS) is 10.7. The zero-order valence-corrected chi connectivity index (χ0v) is 18.6.